The third-order valence-electron chi connectivity index (χ3n) is 3.61. The first-order valence-corrected chi connectivity index (χ1v) is 9.58. The summed E-state index contributed by atoms with van der Waals surface area (Å²) < 4.78 is 1.60. The van der Waals surface area contributed by atoms with Gasteiger partial charge in [-0.15, -0.1) is 10.2 Å². The van der Waals surface area contributed by atoms with Crippen LogP contribution in [0, 0.1) is 13.8 Å². The van der Waals surface area contributed by atoms with Crippen LogP contribution in [0.2, 0.25) is 10.0 Å². The summed E-state index contributed by atoms with van der Waals surface area (Å²) in [6, 6.07) is 6.59. The average molecular weight is 424 g/mol. The van der Waals surface area contributed by atoms with Crippen LogP contribution in [0.4, 0.5) is 10.5 Å². The molecule has 0 saturated heterocycles. The predicted molar refractivity (Wildman–Crippen MR) is 107 cm³/mol. The van der Waals surface area contributed by atoms with Gasteiger partial charge in [-0.2, -0.15) is 0 Å². The zero-order valence-corrected chi connectivity index (χ0v) is 16.7. The van der Waals surface area contributed by atoms with Crippen molar-refractivity contribution in [2.24, 2.45) is 0 Å². The Kier molecular flexibility index (Phi) is 5.88. The van der Waals surface area contributed by atoms with Gasteiger partial charge in [0.05, 0.1) is 15.8 Å². The molecular weight excluding hydrogens is 409 g/mol. The van der Waals surface area contributed by atoms with Crippen LogP contribution >= 0.6 is 35.0 Å². The maximum absolute atomic E-state index is 12.0. The van der Waals surface area contributed by atoms with Crippen molar-refractivity contribution in [1.29, 1.82) is 0 Å². The van der Waals surface area contributed by atoms with Gasteiger partial charge >= 0.3 is 6.03 Å². The SMILES string of the molecule is Cc1ccc(NC(=O)NC(=O)CSc2nnc3c(Cl)cc(Cl)cn23)c(C)c1. The monoisotopic (exact) mass is 423 g/mol. The molecule has 2 N–H and O–H groups in total. The number of fused-ring (bicyclic) bond motifs is 1. The molecule has 0 spiro atoms. The van der Waals surface area contributed by atoms with Gasteiger partial charge in [0.2, 0.25) is 5.91 Å². The zero-order valence-electron chi connectivity index (χ0n) is 14.4. The highest BCUT2D eigenvalue weighted by molar-refractivity contribution is 7.99. The topological polar surface area (TPSA) is 88.4 Å². The Bertz CT molecular complexity index is 1040. The maximum Gasteiger partial charge on any atom is 0.325 e. The van der Waals surface area contributed by atoms with Gasteiger partial charge in [-0.05, 0) is 31.5 Å². The van der Waals surface area contributed by atoms with E-state index in [2.05, 4.69) is 20.8 Å². The molecule has 0 bridgehead atoms. The van der Waals surface area contributed by atoms with Crippen LogP contribution < -0.4 is 10.6 Å². The summed E-state index contributed by atoms with van der Waals surface area (Å²) >= 11 is 13.2. The largest absolute Gasteiger partial charge is 0.325 e. The molecule has 1 aromatic carbocycles. The highest BCUT2D eigenvalue weighted by Crippen LogP contribution is 2.25. The first-order valence-electron chi connectivity index (χ1n) is 7.84. The van der Waals surface area contributed by atoms with Gasteiger partial charge in [-0.1, -0.05) is 52.7 Å². The van der Waals surface area contributed by atoms with Crippen LogP contribution in [-0.4, -0.2) is 32.3 Å². The lowest BCUT2D eigenvalue weighted by Gasteiger charge is -2.09. The molecule has 27 heavy (non-hydrogen) atoms. The number of urea groups is 1. The number of hydrogen-bond acceptors (Lipinski definition) is 5. The summed E-state index contributed by atoms with van der Waals surface area (Å²) in [7, 11) is 0. The molecule has 3 rings (SSSR count). The number of rotatable bonds is 4. The standard InChI is InChI=1S/C17H15Cl2N5O2S/c1-9-3-4-13(10(2)5-9)20-16(26)21-14(25)8-27-17-23-22-15-12(19)6-11(18)7-24(15)17/h3-7H,8H2,1-2H3,(H2,20,21,25,26). The summed E-state index contributed by atoms with van der Waals surface area (Å²) in [6.07, 6.45) is 1.61. The van der Waals surface area contributed by atoms with Crippen molar-refractivity contribution in [2.45, 2.75) is 19.0 Å². The lowest BCUT2D eigenvalue weighted by atomic mass is 10.1. The van der Waals surface area contributed by atoms with Crippen LogP contribution in [0.25, 0.3) is 5.65 Å². The number of anilines is 1. The highest BCUT2D eigenvalue weighted by atomic mass is 35.5. The van der Waals surface area contributed by atoms with E-state index in [1.165, 1.54) is 0 Å². The first kappa shape index (κ1) is 19.5. The van der Waals surface area contributed by atoms with Crippen molar-refractivity contribution < 1.29 is 9.59 Å². The number of pyridine rings is 1. The van der Waals surface area contributed by atoms with Crippen LogP contribution in [0.3, 0.4) is 0 Å². The van der Waals surface area contributed by atoms with E-state index in [0.717, 1.165) is 22.9 Å². The number of nitrogens with zero attached hydrogens (tertiary/aromatic N) is 3. The molecule has 0 unspecified atom stereocenters. The van der Waals surface area contributed by atoms with Crippen LogP contribution in [0.15, 0.2) is 35.6 Å². The third-order valence-corrected chi connectivity index (χ3v) is 5.04. The van der Waals surface area contributed by atoms with E-state index in [4.69, 9.17) is 23.2 Å². The maximum atomic E-state index is 12.0. The lowest BCUT2D eigenvalue weighted by Crippen LogP contribution is -2.35. The lowest BCUT2D eigenvalue weighted by molar-refractivity contribution is -0.117. The zero-order chi connectivity index (χ0) is 19.6. The Labute approximate surface area is 169 Å². The van der Waals surface area contributed by atoms with Crippen LogP contribution in [-0.2, 0) is 4.79 Å². The summed E-state index contributed by atoms with van der Waals surface area (Å²) in [5, 5.41) is 14.1. The number of carbonyl (C=O) groups excluding carboxylic acids is 2. The van der Waals surface area contributed by atoms with Gasteiger partial charge in [0.15, 0.2) is 10.8 Å². The van der Waals surface area contributed by atoms with E-state index in [1.54, 1.807) is 22.7 Å². The number of thioether (sulfide) groups is 1. The van der Waals surface area contributed by atoms with E-state index in [0.29, 0.717) is 26.5 Å². The molecule has 2 heterocycles. The molecule has 0 atom stereocenters. The Balaban J connectivity index is 1.59. The number of imide groups is 1. The fourth-order valence-electron chi connectivity index (χ4n) is 2.40. The van der Waals surface area contributed by atoms with Gasteiger partial charge in [0.1, 0.15) is 0 Å². The number of hydrogen-bond donors (Lipinski definition) is 2. The molecule has 7 nitrogen and oxygen atoms in total. The fraction of sp³-hybridized carbons (Fsp3) is 0.176. The number of amides is 3. The number of benzene rings is 1. The molecule has 140 valence electrons. The predicted octanol–water partition coefficient (Wildman–Crippen LogP) is 4.09. The normalized spacial score (nSPS) is 10.8. The summed E-state index contributed by atoms with van der Waals surface area (Å²) in [4.78, 5) is 24.0. The molecule has 10 heteroatoms. The van der Waals surface area contributed by atoms with Crippen molar-refractivity contribution in [1.82, 2.24) is 19.9 Å². The summed E-state index contributed by atoms with van der Waals surface area (Å²) in [5.41, 5.74) is 3.09. The molecule has 0 aliphatic rings. The molecule has 0 saturated carbocycles. The Morgan fingerprint density at radius 3 is 2.70 bits per heavy atom. The van der Waals surface area contributed by atoms with Crippen molar-refractivity contribution in [3.8, 4) is 0 Å². The number of nitrogens with one attached hydrogen (secondary N) is 2. The number of aromatic nitrogens is 3. The molecule has 3 amide bonds. The van der Waals surface area contributed by atoms with Crippen LogP contribution in [0.1, 0.15) is 11.1 Å². The quantitative estimate of drug-likeness (QED) is 0.616. The second-order valence-electron chi connectivity index (χ2n) is 5.79. The Hall–Kier alpha value is -2.29. The minimum absolute atomic E-state index is 0.0226. The Morgan fingerprint density at radius 1 is 1.19 bits per heavy atom. The van der Waals surface area contributed by atoms with Crippen molar-refractivity contribution >= 4 is 58.2 Å². The van der Waals surface area contributed by atoms with Gasteiger partial charge in [-0.3, -0.25) is 14.5 Å². The molecule has 0 fully saturated rings. The van der Waals surface area contributed by atoms with Gasteiger partial charge < -0.3 is 5.32 Å². The minimum atomic E-state index is -0.593. The van der Waals surface area contributed by atoms with E-state index in [9.17, 15) is 9.59 Å². The number of carbonyl (C=O) groups is 2. The second kappa shape index (κ2) is 8.16. The van der Waals surface area contributed by atoms with Crippen molar-refractivity contribution in [3.05, 3.63) is 51.6 Å². The first-order chi connectivity index (χ1) is 12.8. The van der Waals surface area contributed by atoms with Gasteiger partial charge in [0.25, 0.3) is 0 Å². The summed E-state index contributed by atoms with van der Waals surface area (Å²) in [6.45, 7) is 3.85. The summed E-state index contributed by atoms with van der Waals surface area (Å²) in [5.74, 6) is -0.488. The average Bonchev–Trinajstić information content (AvgIpc) is 2.98. The van der Waals surface area contributed by atoms with E-state index in [1.807, 2.05) is 26.0 Å². The molecular formula is C17H15Cl2N5O2S. The minimum Gasteiger partial charge on any atom is -0.307 e. The molecule has 0 aliphatic carbocycles. The molecule has 0 radical (unpaired) electrons. The van der Waals surface area contributed by atoms with Crippen molar-refractivity contribution in [2.75, 3.05) is 11.1 Å². The smallest absolute Gasteiger partial charge is 0.307 e. The van der Waals surface area contributed by atoms with E-state index < -0.39 is 11.9 Å². The Morgan fingerprint density at radius 2 is 1.96 bits per heavy atom. The molecule has 2 aromatic heterocycles. The van der Waals surface area contributed by atoms with E-state index in [-0.39, 0.29) is 5.75 Å². The second-order valence-corrected chi connectivity index (χ2v) is 7.58. The fourth-order valence-corrected chi connectivity index (χ4v) is 3.62. The number of aryl methyl sites for hydroxylation is 2. The third kappa shape index (κ3) is 4.71. The number of halogens is 2. The molecule has 0 aliphatic heterocycles. The molecule has 3 aromatic rings. The highest BCUT2D eigenvalue weighted by Gasteiger charge is 2.14. The van der Waals surface area contributed by atoms with Crippen LogP contribution in [0.5, 0.6) is 0 Å². The van der Waals surface area contributed by atoms with E-state index >= 15 is 0 Å². The van der Waals surface area contributed by atoms with Gasteiger partial charge in [0, 0.05) is 11.9 Å². The van der Waals surface area contributed by atoms with Crippen molar-refractivity contribution in [3.63, 3.8) is 0 Å². The van der Waals surface area contributed by atoms with Gasteiger partial charge in [-0.25, -0.2) is 4.79 Å².